The van der Waals surface area contributed by atoms with Crippen LogP contribution in [-0.2, 0) is 0 Å². The number of allylic oxidation sites excluding steroid dienone is 1. The summed E-state index contributed by atoms with van der Waals surface area (Å²) in [5.41, 5.74) is 7.78. The number of nitrogens with one attached hydrogen (secondary N) is 1. The Bertz CT molecular complexity index is 459. The fourth-order valence-corrected chi connectivity index (χ4v) is 2.65. The van der Waals surface area contributed by atoms with Crippen molar-refractivity contribution < 1.29 is 4.39 Å². The molecule has 1 aromatic rings. The second kappa shape index (κ2) is 7.04. The van der Waals surface area contributed by atoms with Crippen LogP contribution in [0.5, 0.6) is 0 Å². The lowest BCUT2D eigenvalue weighted by Gasteiger charge is -2.18. The van der Waals surface area contributed by atoms with Crippen molar-refractivity contribution in [3.63, 3.8) is 0 Å². The summed E-state index contributed by atoms with van der Waals surface area (Å²) >= 11 is 5.91. The lowest BCUT2D eigenvalue weighted by atomic mass is 10.1. The van der Waals surface area contributed by atoms with E-state index in [0.717, 1.165) is 13.0 Å². The third-order valence-corrected chi connectivity index (χ3v) is 3.78. The highest BCUT2D eigenvalue weighted by atomic mass is 35.5. The smallest absolute Gasteiger partial charge is 0.128 e. The van der Waals surface area contributed by atoms with E-state index in [1.165, 1.54) is 30.9 Å². The Kier molecular flexibility index (Phi) is 5.37. The molecule has 0 saturated carbocycles. The summed E-state index contributed by atoms with van der Waals surface area (Å²) in [7, 11) is 0. The summed E-state index contributed by atoms with van der Waals surface area (Å²) in [6.45, 7) is 1.18. The van der Waals surface area contributed by atoms with E-state index >= 15 is 0 Å². The summed E-state index contributed by atoms with van der Waals surface area (Å²) < 4.78 is 13.8. The molecule has 0 saturated heterocycles. The van der Waals surface area contributed by atoms with Gasteiger partial charge in [-0.15, -0.1) is 0 Å². The third-order valence-electron chi connectivity index (χ3n) is 3.54. The maximum Gasteiger partial charge on any atom is 0.128 e. The molecule has 0 heterocycles. The van der Waals surface area contributed by atoms with Crippen molar-refractivity contribution in [2.45, 2.75) is 31.7 Å². The highest BCUT2D eigenvalue weighted by molar-refractivity contribution is 6.30. The first-order chi connectivity index (χ1) is 9.20. The molecule has 1 unspecified atom stereocenters. The summed E-state index contributed by atoms with van der Waals surface area (Å²) in [6.07, 6.45) is 6.97. The van der Waals surface area contributed by atoms with E-state index < -0.39 is 0 Å². The molecular weight excluding hydrogens is 263 g/mol. The molecule has 4 heteroatoms. The molecule has 2 nitrogen and oxygen atoms in total. The van der Waals surface area contributed by atoms with E-state index in [1.54, 1.807) is 12.1 Å². The van der Waals surface area contributed by atoms with Crippen LogP contribution >= 0.6 is 11.6 Å². The van der Waals surface area contributed by atoms with Crippen LogP contribution < -0.4 is 11.1 Å². The van der Waals surface area contributed by atoms with Crippen LogP contribution in [0.3, 0.4) is 0 Å². The van der Waals surface area contributed by atoms with Crippen LogP contribution in [-0.4, -0.2) is 13.1 Å². The second-order valence-corrected chi connectivity index (χ2v) is 5.35. The Hall–Kier alpha value is -0.900. The maximum atomic E-state index is 13.8. The van der Waals surface area contributed by atoms with Crippen LogP contribution in [0.4, 0.5) is 4.39 Å². The largest absolute Gasteiger partial charge is 0.329 e. The Morgan fingerprint density at radius 1 is 1.42 bits per heavy atom. The van der Waals surface area contributed by atoms with Gasteiger partial charge >= 0.3 is 0 Å². The standard InChI is InChI=1S/C15H20ClFN2/c16-12-5-6-14(17)13(9-12)15(10-18)19-8-7-11-3-1-2-4-11/h3,5-6,9,15,19H,1-2,4,7-8,10,18H2. The lowest BCUT2D eigenvalue weighted by molar-refractivity contribution is 0.507. The van der Waals surface area contributed by atoms with Crippen LogP contribution in [0.15, 0.2) is 29.8 Å². The summed E-state index contributed by atoms with van der Waals surface area (Å²) in [5.74, 6) is -0.257. The van der Waals surface area contributed by atoms with Crippen molar-refractivity contribution in [1.29, 1.82) is 0 Å². The highest BCUT2D eigenvalue weighted by Gasteiger charge is 2.14. The number of rotatable bonds is 6. The molecule has 1 atom stereocenters. The molecule has 3 N–H and O–H groups in total. The third kappa shape index (κ3) is 4.03. The zero-order valence-electron chi connectivity index (χ0n) is 11.0. The molecule has 0 aliphatic heterocycles. The predicted octanol–water partition coefficient (Wildman–Crippen LogP) is 3.57. The zero-order chi connectivity index (χ0) is 13.7. The molecule has 1 aliphatic rings. The number of nitrogens with two attached hydrogens (primary N) is 1. The molecule has 0 bridgehead atoms. The van der Waals surface area contributed by atoms with E-state index in [0.29, 0.717) is 17.1 Å². The van der Waals surface area contributed by atoms with Crippen molar-refractivity contribution in [3.8, 4) is 0 Å². The molecule has 2 rings (SSSR count). The minimum absolute atomic E-state index is 0.180. The van der Waals surface area contributed by atoms with Crippen LogP contribution in [0.2, 0.25) is 5.02 Å². The van der Waals surface area contributed by atoms with Crippen molar-refractivity contribution in [2.75, 3.05) is 13.1 Å². The Morgan fingerprint density at radius 2 is 2.26 bits per heavy atom. The van der Waals surface area contributed by atoms with Gasteiger partial charge in [-0.05, 0) is 50.4 Å². The molecule has 0 fully saturated rings. The molecule has 1 aliphatic carbocycles. The van der Waals surface area contributed by atoms with Crippen LogP contribution in [0, 0.1) is 5.82 Å². The van der Waals surface area contributed by atoms with Gasteiger partial charge in [0.1, 0.15) is 5.82 Å². The van der Waals surface area contributed by atoms with E-state index in [-0.39, 0.29) is 11.9 Å². The van der Waals surface area contributed by atoms with Crippen molar-refractivity contribution in [1.82, 2.24) is 5.32 Å². The Balaban J connectivity index is 1.93. The average Bonchev–Trinajstić information content (AvgIpc) is 2.91. The fourth-order valence-electron chi connectivity index (χ4n) is 2.47. The SMILES string of the molecule is NCC(NCCC1=CCCC1)c1cc(Cl)ccc1F. The molecule has 0 aromatic heterocycles. The first-order valence-electron chi connectivity index (χ1n) is 6.77. The number of halogens is 2. The van der Waals surface area contributed by atoms with E-state index in [2.05, 4.69) is 11.4 Å². The summed E-state index contributed by atoms with van der Waals surface area (Å²) in [6, 6.07) is 4.41. The summed E-state index contributed by atoms with van der Waals surface area (Å²) in [4.78, 5) is 0. The molecule has 19 heavy (non-hydrogen) atoms. The molecule has 1 aromatic carbocycles. The van der Waals surface area contributed by atoms with Crippen molar-refractivity contribution in [3.05, 3.63) is 46.3 Å². The Labute approximate surface area is 118 Å². The van der Waals surface area contributed by atoms with Gasteiger partial charge in [-0.2, -0.15) is 0 Å². The molecule has 0 amide bonds. The quantitative estimate of drug-likeness (QED) is 0.783. The highest BCUT2D eigenvalue weighted by Crippen LogP contribution is 2.22. The fraction of sp³-hybridized carbons (Fsp3) is 0.467. The number of hydrogen-bond donors (Lipinski definition) is 2. The number of benzene rings is 1. The molecule has 104 valence electrons. The number of hydrogen-bond acceptors (Lipinski definition) is 2. The van der Waals surface area contributed by atoms with Gasteiger partial charge in [-0.3, -0.25) is 0 Å². The Morgan fingerprint density at radius 3 is 2.95 bits per heavy atom. The van der Waals surface area contributed by atoms with Crippen LogP contribution in [0.1, 0.15) is 37.3 Å². The van der Waals surface area contributed by atoms with Gasteiger partial charge in [-0.1, -0.05) is 23.3 Å². The normalized spacial score (nSPS) is 16.5. The minimum Gasteiger partial charge on any atom is -0.329 e. The van der Waals surface area contributed by atoms with E-state index in [9.17, 15) is 4.39 Å². The van der Waals surface area contributed by atoms with Crippen molar-refractivity contribution >= 4 is 11.6 Å². The molecule has 0 radical (unpaired) electrons. The van der Waals surface area contributed by atoms with Gasteiger partial charge in [0, 0.05) is 23.2 Å². The predicted molar refractivity (Wildman–Crippen MR) is 77.8 cm³/mol. The van der Waals surface area contributed by atoms with Gasteiger partial charge in [-0.25, -0.2) is 4.39 Å². The monoisotopic (exact) mass is 282 g/mol. The first-order valence-corrected chi connectivity index (χ1v) is 7.15. The topological polar surface area (TPSA) is 38.0 Å². The minimum atomic E-state index is -0.257. The van der Waals surface area contributed by atoms with E-state index in [1.807, 2.05) is 0 Å². The van der Waals surface area contributed by atoms with Gasteiger partial charge in [0.15, 0.2) is 0 Å². The van der Waals surface area contributed by atoms with Crippen molar-refractivity contribution in [2.24, 2.45) is 5.73 Å². The summed E-state index contributed by atoms with van der Waals surface area (Å²) in [5, 5.41) is 3.85. The van der Waals surface area contributed by atoms with Gasteiger partial charge in [0.05, 0.1) is 0 Å². The zero-order valence-corrected chi connectivity index (χ0v) is 11.7. The first kappa shape index (κ1) is 14.5. The van der Waals surface area contributed by atoms with Gasteiger partial charge < -0.3 is 11.1 Å². The lowest BCUT2D eigenvalue weighted by Crippen LogP contribution is -2.30. The molecule has 0 spiro atoms. The second-order valence-electron chi connectivity index (χ2n) is 4.91. The van der Waals surface area contributed by atoms with Gasteiger partial charge in [0.25, 0.3) is 0 Å². The van der Waals surface area contributed by atoms with Gasteiger partial charge in [0.2, 0.25) is 0 Å². The maximum absolute atomic E-state index is 13.8. The van der Waals surface area contributed by atoms with E-state index in [4.69, 9.17) is 17.3 Å². The van der Waals surface area contributed by atoms with Crippen LogP contribution in [0.25, 0.3) is 0 Å². The average molecular weight is 283 g/mol. The molecular formula is C15H20ClFN2.